The maximum atomic E-state index is 12.9. The van der Waals surface area contributed by atoms with E-state index in [9.17, 15) is 26.4 Å². The number of rotatable bonds is 4. The molecule has 1 aliphatic rings. The zero-order valence-electron chi connectivity index (χ0n) is 15.7. The molecule has 1 amide bonds. The lowest BCUT2D eigenvalue weighted by Crippen LogP contribution is -2.41. The average molecular weight is 497 g/mol. The molecule has 0 aliphatic carbocycles. The fourth-order valence-electron chi connectivity index (χ4n) is 3.08. The Morgan fingerprint density at radius 1 is 1.10 bits per heavy atom. The highest BCUT2D eigenvalue weighted by molar-refractivity contribution is 7.90. The number of nitrogens with one attached hydrogen (secondary N) is 2. The highest BCUT2D eigenvalue weighted by Gasteiger charge is 2.35. The van der Waals surface area contributed by atoms with Crippen LogP contribution in [0.4, 0.5) is 13.2 Å². The van der Waals surface area contributed by atoms with Crippen molar-refractivity contribution in [3.05, 3.63) is 63.6 Å². The fraction of sp³-hybridized carbons (Fsp3) is 0.316. The molecule has 1 saturated heterocycles. The van der Waals surface area contributed by atoms with Crippen molar-refractivity contribution >= 4 is 39.1 Å². The van der Waals surface area contributed by atoms with Crippen molar-refractivity contribution in [2.45, 2.75) is 17.2 Å². The number of carbonyl (C=O) groups excluding carboxylic acids is 1. The van der Waals surface area contributed by atoms with Gasteiger partial charge in [-0.15, -0.1) is 0 Å². The number of halogens is 5. The van der Waals surface area contributed by atoms with Crippen molar-refractivity contribution in [3.8, 4) is 0 Å². The molecule has 2 aromatic rings. The molecule has 1 fully saturated rings. The van der Waals surface area contributed by atoms with E-state index in [2.05, 4.69) is 5.32 Å². The Hall–Kier alpha value is -1.85. The molecule has 0 spiro atoms. The Balaban J connectivity index is 1.84. The largest absolute Gasteiger partial charge is 0.416 e. The summed E-state index contributed by atoms with van der Waals surface area (Å²) in [7, 11) is -4.40. The fourth-order valence-corrected chi connectivity index (χ4v) is 4.41. The minimum atomic E-state index is -4.61. The third-order valence-electron chi connectivity index (χ3n) is 4.64. The van der Waals surface area contributed by atoms with Crippen LogP contribution in [0.25, 0.3) is 0 Å². The van der Waals surface area contributed by atoms with Gasteiger partial charge in [0.25, 0.3) is 10.0 Å². The minimum Gasteiger partial charge on any atom is -0.371 e. The number of carbonyl (C=O) groups is 1. The molecule has 2 atom stereocenters. The molecule has 0 unspecified atom stereocenters. The van der Waals surface area contributed by atoms with Crippen LogP contribution in [0.5, 0.6) is 0 Å². The van der Waals surface area contributed by atoms with E-state index < -0.39 is 44.6 Å². The van der Waals surface area contributed by atoms with Gasteiger partial charge in [0.1, 0.15) is 0 Å². The summed E-state index contributed by atoms with van der Waals surface area (Å²) in [6, 6.07) is 7.53. The second kappa shape index (κ2) is 9.33. The van der Waals surface area contributed by atoms with Gasteiger partial charge < -0.3 is 10.1 Å². The van der Waals surface area contributed by atoms with Gasteiger partial charge >= 0.3 is 6.18 Å². The SMILES string of the molecule is O=C(NS(=O)(=O)c1ccc(C(F)(F)F)cc1)[C@@H]1CNCCO[C@H]1c1ccc(Cl)c(Cl)c1. The lowest BCUT2D eigenvalue weighted by Gasteiger charge is -2.24. The van der Waals surface area contributed by atoms with Gasteiger partial charge in [0.15, 0.2) is 0 Å². The molecule has 0 saturated carbocycles. The quantitative estimate of drug-likeness (QED) is 0.672. The monoisotopic (exact) mass is 496 g/mol. The van der Waals surface area contributed by atoms with Crippen LogP contribution in [0.1, 0.15) is 17.2 Å². The van der Waals surface area contributed by atoms with Crippen LogP contribution in [0.2, 0.25) is 10.0 Å². The highest BCUT2D eigenvalue weighted by Crippen LogP contribution is 2.33. The Morgan fingerprint density at radius 3 is 2.39 bits per heavy atom. The van der Waals surface area contributed by atoms with E-state index in [0.717, 1.165) is 12.1 Å². The Labute approximate surface area is 186 Å². The topological polar surface area (TPSA) is 84.5 Å². The summed E-state index contributed by atoms with van der Waals surface area (Å²) in [6.45, 7) is 0.812. The van der Waals surface area contributed by atoms with Crippen LogP contribution in [0.3, 0.4) is 0 Å². The molecule has 31 heavy (non-hydrogen) atoms. The Morgan fingerprint density at radius 2 is 1.77 bits per heavy atom. The first-order chi connectivity index (χ1) is 14.5. The number of hydrogen-bond acceptors (Lipinski definition) is 5. The molecule has 0 bridgehead atoms. The van der Waals surface area contributed by atoms with Crippen molar-refractivity contribution in [2.75, 3.05) is 19.7 Å². The number of hydrogen-bond donors (Lipinski definition) is 2. The molecule has 0 radical (unpaired) electrons. The zero-order chi connectivity index (χ0) is 22.8. The van der Waals surface area contributed by atoms with Crippen molar-refractivity contribution in [3.63, 3.8) is 0 Å². The number of alkyl halides is 3. The number of benzene rings is 2. The van der Waals surface area contributed by atoms with E-state index in [0.29, 0.717) is 29.3 Å². The summed E-state index contributed by atoms with van der Waals surface area (Å²) in [5.41, 5.74) is -0.469. The number of ether oxygens (including phenoxy) is 1. The molecule has 0 aromatic heterocycles. The summed E-state index contributed by atoms with van der Waals surface area (Å²) < 4.78 is 70.9. The van der Waals surface area contributed by atoms with Crippen LogP contribution >= 0.6 is 23.2 Å². The van der Waals surface area contributed by atoms with Crippen LogP contribution in [-0.2, 0) is 25.7 Å². The van der Waals surface area contributed by atoms with Gasteiger partial charge in [0.2, 0.25) is 5.91 Å². The van der Waals surface area contributed by atoms with Gasteiger partial charge in [-0.1, -0.05) is 29.3 Å². The van der Waals surface area contributed by atoms with E-state index in [-0.39, 0.29) is 18.2 Å². The molecule has 168 valence electrons. The summed E-state index contributed by atoms with van der Waals surface area (Å²) in [6.07, 6.45) is -5.42. The minimum absolute atomic E-state index is 0.110. The van der Waals surface area contributed by atoms with Crippen molar-refractivity contribution in [2.24, 2.45) is 5.92 Å². The van der Waals surface area contributed by atoms with Crippen molar-refractivity contribution in [1.29, 1.82) is 0 Å². The van der Waals surface area contributed by atoms with Gasteiger partial charge in [-0.05, 0) is 42.0 Å². The van der Waals surface area contributed by atoms with Crippen LogP contribution in [0.15, 0.2) is 47.4 Å². The second-order valence-electron chi connectivity index (χ2n) is 6.77. The standard InChI is InChI=1S/C19H17Cl2F3N2O4S/c20-15-6-1-11(9-16(15)21)17-14(10-25-7-8-30-17)18(27)26-31(28,29)13-4-2-12(3-5-13)19(22,23)24/h1-6,9,14,17,25H,7-8,10H2,(H,26,27)/t14-,17+/m1/s1. The summed E-state index contributed by atoms with van der Waals surface area (Å²) in [4.78, 5) is 12.4. The van der Waals surface area contributed by atoms with E-state index in [4.69, 9.17) is 27.9 Å². The summed E-state index contributed by atoms with van der Waals surface area (Å²) in [5, 5.41) is 3.54. The van der Waals surface area contributed by atoms with E-state index in [1.165, 1.54) is 12.1 Å². The van der Waals surface area contributed by atoms with Crippen molar-refractivity contribution in [1.82, 2.24) is 10.0 Å². The van der Waals surface area contributed by atoms with Gasteiger partial charge in [0, 0.05) is 13.1 Å². The Bertz CT molecular complexity index is 1060. The number of amides is 1. The summed E-state index contributed by atoms with van der Waals surface area (Å²) >= 11 is 12.0. The molecular weight excluding hydrogens is 480 g/mol. The first-order valence-corrected chi connectivity index (χ1v) is 11.2. The maximum absolute atomic E-state index is 12.9. The first-order valence-electron chi connectivity index (χ1n) is 9.00. The van der Waals surface area contributed by atoms with Crippen molar-refractivity contribution < 1.29 is 31.1 Å². The summed E-state index contributed by atoms with van der Waals surface area (Å²) in [5.74, 6) is -1.82. The average Bonchev–Trinajstić information content (AvgIpc) is 2.95. The van der Waals surface area contributed by atoms with E-state index in [1.54, 1.807) is 6.07 Å². The second-order valence-corrected chi connectivity index (χ2v) is 9.26. The zero-order valence-corrected chi connectivity index (χ0v) is 18.1. The predicted octanol–water partition coefficient (Wildman–Crippen LogP) is 3.79. The molecule has 3 rings (SSSR count). The first kappa shape index (κ1) is 23.8. The molecule has 12 heteroatoms. The normalized spacial score (nSPS) is 20.2. The van der Waals surface area contributed by atoms with Gasteiger partial charge in [-0.3, -0.25) is 4.79 Å². The molecule has 1 aliphatic heterocycles. The third kappa shape index (κ3) is 5.69. The van der Waals surface area contributed by atoms with Gasteiger partial charge in [0.05, 0.1) is 39.1 Å². The third-order valence-corrected chi connectivity index (χ3v) is 6.74. The predicted molar refractivity (Wildman–Crippen MR) is 108 cm³/mol. The van der Waals surface area contributed by atoms with Crippen LogP contribution in [0, 0.1) is 5.92 Å². The van der Waals surface area contributed by atoms with Crippen LogP contribution in [-0.4, -0.2) is 34.0 Å². The van der Waals surface area contributed by atoms with Gasteiger partial charge in [-0.2, -0.15) is 13.2 Å². The van der Waals surface area contributed by atoms with Gasteiger partial charge in [-0.25, -0.2) is 13.1 Å². The lowest BCUT2D eigenvalue weighted by atomic mass is 9.95. The van der Waals surface area contributed by atoms with Crippen LogP contribution < -0.4 is 10.0 Å². The molecule has 2 N–H and O–H groups in total. The lowest BCUT2D eigenvalue weighted by molar-refractivity contribution is -0.137. The smallest absolute Gasteiger partial charge is 0.371 e. The molecule has 1 heterocycles. The number of sulfonamides is 1. The maximum Gasteiger partial charge on any atom is 0.416 e. The highest BCUT2D eigenvalue weighted by atomic mass is 35.5. The molecule has 2 aromatic carbocycles. The van der Waals surface area contributed by atoms with E-state index in [1.807, 2.05) is 4.72 Å². The Kier molecular flexibility index (Phi) is 7.17. The molecular formula is C19H17Cl2F3N2O4S. The molecule has 6 nitrogen and oxygen atoms in total. The van der Waals surface area contributed by atoms with E-state index >= 15 is 0 Å².